The first-order valence-electron chi connectivity index (χ1n) is 9.23. The van der Waals surface area contributed by atoms with Gasteiger partial charge >= 0.3 is 0 Å². The molecule has 1 aromatic carbocycles. The topological polar surface area (TPSA) is 27.1 Å². The van der Waals surface area contributed by atoms with E-state index in [2.05, 4.69) is 28.6 Å². The molecule has 0 aliphatic carbocycles. The van der Waals surface area contributed by atoms with Crippen LogP contribution in [0.2, 0.25) is 5.02 Å². The van der Waals surface area contributed by atoms with Crippen LogP contribution in [0.4, 0.5) is 0 Å². The second kappa shape index (κ2) is 12.4. The van der Waals surface area contributed by atoms with E-state index < -0.39 is 0 Å². The molecule has 0 spiro atoms. The number of thioether (sulfide) groups is 1. The van der Waals surface area contributed by atoms with Crippen molar-refractivity contribution in [3.05, 3.63) is 48.0 Å². The van der Waals surface area contributed by atoms with E-state index in [1.54, 1.807) is 0 Å². The van der Waals surface area contributed by atoms with E-state index in [4.69, 9.17) is 16.3 Å². The van der Waals surface area contributed by atoms with Crippen molar-refractivity contribution < 1.29 is 4.74 Å². The van der Waals surface area contributed by atoms with Gasteiger partial charge in [-0.2, -0.15) is 0 Å². The van der Waals surface area contributed by atoms with Crippen molar-refractivity contribution in [1.29, 1.82) is 0 Å². The molecule has 5 heteroatoms. The van der Waals surface area contributed by atoms with Gasteiger partial charge in [-0.05, 0) is 30.7 Å². The zero-order valence-corrected chi connectivity index (χ0v) is 16.6. The monoisotopic (exact) mass is 380 g/mol. The second-order valence-electron chi connectivity index (χ2n) is 6.30. The van der Waals surface area contributed by atoms with E-state index in [9.17, 15) is 0 Å². The number of unbranched alkanes of at least 4 members (excludes halogenated alkanes) is 5. The van der Waals surface area contributed by atoms with E-state index >= 15 is 0 Å². The van der Waals surface area contributed by atoms with Crippen LogP contribution in [0.25, 0.3) is 0 Å². The lowest BCUT2D eigenvalue weighted by atomic mass is 10.1. The Bertz CT molecular complexity index is 560. The quantitative estimate of drug-likeness (QED) is 0.311. The molecule has 2 rings (SSSR count). The van der Waals surface area contributed by atoms with E-state index in [0.717, 1.165) is 31.2 Å². The Balaban J connectivity index is 1.73. The van der Waals surface area contributed by atoms with Crippen molar-refractivity contribution in [3.63, 3.8) is 0 Å². The van der Waals surface area contributed by atoms with Gasteiger partial charge in [-0.25, -0.2) is 4.98 Å². The van der Waals surface area contributed by atoms with Crippen molar-refractivity contribution in [3.8, 4) is 0 Å². The fraction of sp³-hybridized carbons (Fsp3) is 0.550. The highest BCUT2D eigenvalue weighted by Crippen LogP contribution is 2.26. The number of halogens is 1. The van der Waals surface area contributed by atoms with E-state index in [-0.39, 0.29) is 0 Å². The predicted molar refractivity (Wildman–Crippen MR) is 108 cm³/mol. The summed E-state index contributed by atoms with van der Waals surface area (Å²) in [4.78, 5) is 5.35. The normalized spacial score (nSPS) is 12.4. The SMILES string of the molecule is CCCCCCCCOCC(Cn1ccnc1)Sc1ccc(Cl)cc1. The molecule has 0 fully saturated rings. The molecule has 0 aliphatic rings. The fourth-order valence-electron chi connectivity index (χ4n) is 2.66. The van der Waals surface area contributed by atoms with Gasteiger partial charge < -0.3 is 9.30 Å². The number of nitrogens with zero attached hydrogens (tertiary/aromatic N) is 2. The van der Waals surface area contributed by atoms with E-state index in [0.29, 0.717) is 5.25 Å². The molecule has 1 atom stereocenters. The van der Waals surface area contributed by atoms with Crippen LogP contribution in [0.15, 0.2) is 47.9 Å². The van der Waals surface area contributed by atoms with Gasteiger partial charge in [0.15, 0.2) is 0 Å². The summed E-state index contributed by atoms with van der Waals surface area (Å²) < 4.78 is 8.08. The molecule has 1 unspecified atom stereocenters. The first-order valence-corrected chi connectivity index (χ1v) is 10.5. The molecule has 25 heavy (non-hydrogen) atoms. The smallest absolute Gasteiger partial charge is 0.0946 e. The lowest BCUT2D eigenvalue weighted by molar-refractivity contribution is 0.128. The first kappa shape index (κ1) is 20.3. The van der Waals surface area contributed by atoms with Crippen LogP contribution >= 0.6 is 23.4 Å². The number of hydrogen-bond acceptors (Lipinski definition) is 3. The molecule has 0 radical (unpaired) electrons. The second-order valence-corrected chi connectivity index (χ2v) is 8.11. The zero-order chi connectivity index (χ0) is 17.7. The number of imidazole rings is 1. The summed E-state index contributed by atoms with van der Waals surface area (Å²) in [5.74, 6) is 0. The summed E-state index contributed by atoms with van der Waals surface area (Å²) in [5, 5.41) is 1.13. The summed E-state index contributed by atoms with van der Waals surface area (Å²) in [5.41, 5.74) is 0. The molecular formula is C20H29ClN2OS. The van der Waals surface area contributed by atoms with Gasteiger partial charge in [0, 0.05) is 35.5 Å². The molecule has 2 aromatic rings. The molecule has 138 valence electrons. The minimum absolute atomic E-state index is 0.357. The Hall–Kier alpha value is -0.970. The summed E-state index contributed by atoms with van der Waals surface area (Å²) >= 11 is 7.82. The lowest BCUT2D eigenvalue weighted by Gasteiger charge is -2.17. The lowest BCUT2D eigenvalue weighted by Crippen LogP contribution is -2.19. The van der Waals surface area contributed by atoms with Gasteiger partial charge in [0.25, 0.3) is 0 Å². The van der Waals surface area contributed by atoms with Crippen LogP contribution in [0.5, 0.6) is 0 Å². The van der Waals surface area contributed by atoms with Crippen LogP contribution in [-0.2, 0) is 11.3 Å². The van der Waals surface area contributed by atoms with Crippen LogP contribution in [0, 0.1) is 0 Å². The van der Waals surface area contributed by atoms with Crippen LogP contribution in [-0.4, -0.2) is 28.0 Å². The summed E-state index contributed by atoms with van der Waals surface area (Å²) in [7, 11) is 0. The number of rotatable bonds is 13. The number of benzene rings is 1. The first-order chi connectivity index (χ1) is 12.3. The van der Waals surface area contributed by atoms with Crippen molar-refractivity contribution in [1.82, 2.24) is 9.55 Å². The van der Waals surface area contributed by atoms with Crippen molar-refractivity contribution >= 4 is 23.4 Å². The highest BCUT2D eigenvalue weighted by molar-refractivity contribution is 8.00. The maximum atomic E-state index is 5.98. The Morgan fingerprint density at radius 3 is 2.60 bits per heavy atom. The molecule has 0 amide bonds. The third-order valence-electron chi connectivity index (χ3n) is 4.04. The Labute approximate surface area is 161 Å². The fourth-order valence-corrected chi connectivity index (χ4v) is 3.87. The van der Waals surface area contributed by atoms with Gasteiger partial charge in [-0.3, -0.25) is 0 Å². The highest BCUT2D eigenvalue weighted by Gasteiger charge is 2.12. The van der Waals surface area contributed by atoms with Gasteiger partial charge in [-0.1, -0.05) is 50.6 Å². The average Bonchev–Trinajstić information content (AvgIpc) is 3.12. The van der Waals surface area contributed by atoms with Gasteiger partial charge in [0.05, 0.1) is 18.2 Å². The van der Waals surface area contributed by atoms with Gasteiger partial charge in [0.2, 0.25) is 0 Å². The van der Waals surface area contributed by atoms with Gasteiger partial charge in [-0.15, -0.1) is 11.8 Å². The number of aromatic nitrogens is 2. The minimum atomic E-state index is 0.357. The Morgan fingerprint density at radius 1 is 1.12 bits per heavy atom. The van der Waals surface area contributed by atoms with Crippen LogP contribution < -0.4 is 0 Å². The molecule has 0 N–H and O–H groups in total. The Morgan fingerprint density at radius 2 is 1.88 bits per heavy atom. The summed E-state index contributed by atoms with van der Waals surface area (Å²) in [6.07, 6.45) is 13.5. The van der Waals surface area contributed by atoms with E-state index in [1.807, 2.05) is 42.6 Å². The third kappa shape index (κ3) is 8.80. The predicted octanol–water partition coefficient (Wildman–Crippen LogP) is 6.07. The number of ether oxygens (including phenoxy) is 1. The zero-order valence-electron chi connectivity index (χ0n) is 15.1. The maximum absolute atomic E-state index is 5.98. The highest BCUT2D eigenvalue weighted by atomic mass is 35.5. The third-order valence-corrected chi connectivity index (χ3v) is 5.45. The van der Waals surface area contributed by atoms with Crippen molar-refractivity contribution in [2.24, 2.45) is 0 Å². The molecule has 3 nitrogen and oxygen atoms in total. The van der Waals surface area contributed by atoms with Crippen molar-refractivity contribution in [2.75, 3.05) is 13.2 Å². The standard InChI is InChI=1S/C20H29ClN2OS/c1-2-3-4-5-6-7-14-24-16-20(15-23-13-12-22-17-23)25-19-10-8-18(21)9-11-19/h8-13,17,20H,2-7,14-16H2,1H3. The Kier molecular flexibility index (Phi) is 10.1. The average molecular weight is 381 g/mol. The van der Waals surface area contributed by atoms with Crippen LogP contribution in [0.3, 0.4) is 0 Å². The van der Waals surface area contributed by atoms with Crippen molar-refractivity contribution in [2.45, 2.75) is 62.1 Å². The molecule has 0 aliphatic heterocycles. The van der Waals surface area contributed by atoms with Crippen LogP contribution in [0.1, 0.15) is 45.4 Å². The minimum Gasteiger partial charge on any atom is -0.380 e. The summed E-state index contributed by atoms with van der Waals surface area (Å²) in [6.45, 7) is 4.75. The maximum Gasteiger partial charge on any atom is 0.0946 e. The van der Waals surface area contributed by atoms with Gasteiger partial charge in [0.1, 0.15) is 0 Å². The molecule has 0 saturated carbocycles. The molecular weight excluding hydrogens is 352 g/mol. The molecule has 1 heterocycles. The number of hydrogen-bond donors (Lipinski definition) is 0. The molecule has 1 aromatic heterocycles. The summed E-state index contributed by atoms with van der Waals surface area (Å²) in [6, 6.07) is 8.02. The molecule has 0 saturated heterocycles. The largest absolute Gasteiger partial charge is 0.380 e. The van der Waals surface area contributed by atoms with E-state index in [1.165, 1.54) is 37.0 Å². The molecule has 0 bridgehead atoms.